The van der Waals surface area contributed by atoms with Crippen LogP contribution in [0.1, 0.15) is 36.1 Å². The number of thiazole rings is 1. The second kappa shape index (κ2) is 6.70. The first-order chi connectivity index (χ1) is 10.4. The molecule has 1 aromatic carbocycles. The maximum Gasteiger partial charge on any atom is 0.271 e. The summed E-state index contributed by atoms with van der Waals surface area (Å²) < 4.78 is 0. The highest BCUT2D eigenvalue weighted by molar-refractivity contribution is 7.15. The van der Waals surface area contributed by atoms with E-state index in [0.717, 1.165) is 21.1 Å². The molecule has 6 heteroatoms. The highest BCUT2D eigenvalue weighted by Crippen LogP contribution is 2.28. The molecule has 1 heterocycles. The van der Waals surface area contributed by atoms with Crippen molar-refractivity contribution in [3.05, 3.63) is 34.8 Å². The standard InChI is InChI=1S/C16H19N3O2S/c1-9(2)17-15(21)14-10(3)22-16(19-14)12-5-7-13(8-6-12)18-11(4)20/h5-9H,1-4H3,(H,17,21)(H,18,20). The fraction of sp³-hybridized carbons (Fsp3) is 0.312. The third kappa shape index (κ3) is 3.92. The first-order valence-electron chi connectivity index (χ1n) is 7.03. The lowest BCUT2D eigenvalue weighted by atomic mass is 10.2. The minimum Gasteiger partial charge on any atom is -0.348 e. The maximum absolute atomic E-state index is 12.1. The smallest absolute Gasteiger partial charge is 0.271 e. The van der Waals surface area contributed by atoms with Crippen molar-refractivity contribution in [3.63, 3.8) is 0 Å². The second-order valence-corrected chi connectivity index (χ2v) is 6.51. The molecule has 22 heavy (non-hydrogen) atoms. The maximum atomic E-state index is 12.1. The van der Waals surface area contributed by atoms with Gasteiger partial charge < -0.3 is 10.6 Å². The van der Waals surface area contributed by atoms with Crippen LogP contribution >= 0.6 is 11.3 Å². The van der Waals surface area contributed by atoms with Crippen LogP contribution in [0.4, 0.5) is 5.69 Å². The summed E-state index contributed by atoms with van der Waals surface area (Å²) in [4.78, 5) is 28.4. The van der Waals surface area contributed by atoms with E-state index in [1.165, 1.54) is 18.3 Å². The minimum atomic E-state index is -0.148. The van der Waals surface area contributed by atoms with Gasteiger partial charge in [0.1, 0.15) is 10.7 Å². The molecule has 1 aromatic heterocycles. The van der Waals surface area contributed by atoms with Crippen molar-refractivity contribution in [3.8, 4) is 10.6 Å². The van der Waals surface area contributed by atoms with Gasteiger partial charge in [-0.05, 0) is 45.0 Å². The Bertz CT molecular complexity index is 690. The summed E-state index contributed by atoms with van der Waals surface area (Å²) in [5.74, 6) is -0.254. The van der Waals surface area contributed by atoms with E-state index in [0.29, 0.717) is 5.69 Å². The van der Waals surface area contributed by atoms with Gasteiger partial charge >= 0.3 is 0 Å². The van der Waals surface area contributed by atoms with Gasteiger partial charge in [0, 0.05) is 29.1 Å². The molecule has 2 rings (SSSR count). The van der Waals surface area contributed by atoms with Crippen molar-refractivity contribution in [2.75, 3.05) is 5.32 Å². The minimum absolute atomic E-state index is 0.0778. The van der Waals surface area contributed by atoms with Crippen LogP contribution in [0, 0.1) is 6.92 Å². The fourth-order valence-corrected chi connectivity index (χ4v) is 2.88. The van der Waals surface area contributed by atoms with E-state index in [2.05, 4.69) is 15.6 Å². The molecule has 0 unspecified atom stereocenters. The Labute approximate surface area is 133 Å². The summed E-state index contributed by atoms with van der Waals surface area (Å²) in [6.45, 7) is 7.20. The molecule has 0 aliphatic rings. The van der Waals surface area contributed by atoms with Crippen LogP contribution in [-0.2, 0) is 4.79 Å². The number of hydrogen-bond donors (Lipinski definition) is 2. The van der Waals surface area contributed by atoms with Gasteiger partial charge in [-0.1, -0.05) is 0 Å². The molecule has 0 aliphatic carbocycles. The quantitative estimate of drug-likeness (QED) is 0.909. The van der Waals surface area contributed by atoms with Gasteiger partial charge in [-0.25, -0.2) is 4.98 Å². The van der Waals surface area contributed by atoms with Crippen molar-refractivity contribution < 1.29 is 9.59 Å². The first kappa shape index (κ1) is 16.2. The van der Waals surface area contributed by atoms with Gasteiger partial charge in [-0.2, -0.15) is 0 Å². The molecule has 0 radical (unpaired) electrons. The normalized spacial score (nSPS) is 10.6. The largest absolute Gasteiger partial charge is 0.348 e. The zero-order valence-corrected chi connectivity index (χ0v) is 13.9. The number of benzene rings is 1. The van der Waals surface area contributed by atoms with Gasteiger partial charge in [-0.15, -0.1) is 11.3 Å². The topological polar surface area (TPSA) is 71.1 Å². The van der Waals surface area contributed by atoms with Crippen LogP contribution < -0.4 is 10.6 Å². The highest BCUT2D eigenvalue weighted by Gasteiger charge is 2.16. The predicted molar refractivity (Wildman–Crippen MR) is 89.2 cm³/mol. The Morgan fingerprint density at radius 3 is 2.36 bits per heavy atom. The number of carbonyl (C=O) groups excluding carboxylic acids is 2. The molecule has 0 saturated heterocycles. The molecule has 2 aromatic rings. The molecule has 0 bridgehead atoms. The van der Waals surface area contributed by atoms with Crippen LogP contribution in [0.15, 0.2) is 24.3 Å². The molecule has 116 valence electrons. The number of aryl methyl sites for hydroxylation is 1. The van der Waals surface area contributed by atoms with E-state index in [9.17, 15) is 9.59 Å². The Kier molecular flexibility index (Phi) is 4.92. The molecule has 5 nitrogen and oxygen atoms in total. The summed E-state index contributed by atoms with van der Waals surface area (Å²) in [7, 11) is 0. The lowest BCUT2D eigenvalue weighted by molar-refractivity contribution is -0.114. The summed E-state index contributed by atoms with van der Waals surface area (Å²) >= 11 is 1.48. The van der Waals surface area contributed by atoms with Gasteiger partial charge in [0.2, 0.25) is 5.91 Å². The van der Waals surface area contributed by atoms with Crippen molar-refractivity contribution in [2.45, 2.75) is 33.7 Å². The number of carbonyl (C=O) groups is 2. The highest BCUT2D eigenvalue weighted by atomic mass is 32.1. The number of aromatic nitrogens is 1. The third-order valence-corrected chi connectivity index (χ3v) is 3.90. The van der Waals surface area contributed by atoms with Gasteiger partial charge in [-0.3, -0.25) is 9.59 Å². The summed E-state index contributed by atoms with van der Waals surface area (Å²) in [5.41, 5.74) is 2.13. The number of nitrogens with one attached hydrogen (secondary N) is 2. The summed E-state index contributed by atoms with van der Waals surface area (Å²) in [6.07, 6.45) is 0. The summed E-state index contributed by atoms with van der Waals surface area (Å²) in [5, 5.41) is 6.37. The number of nitrogens with zero attached hydrogens (tertiary/aromatic N) is 1. The van der Waals surface area contributed by atoms with Crippen molar-refractivity contribution in [1.29, 1.82) is 0 Å². The molecular formula is C16H19N3O2S. The fourth-order valence-electron chi connectivity index (χ4n) is 1.96. The van der Waals surface area contributed by atoms with Crippen LogP contribution in [-0.4, -0.2) is 22.8 Å². The van der Waals surface area contributed by atoms with Gasteiger partial charge in [0.05, 0.1) is 0 Å². The Morgan fingerprint density at radius 2 is 1.82 bits per heavy atom. The summed E-state index contributed by atoms with van der Waals surface area (Å²) in [6, 6.07) is 7.48. The van der Waals surface area contributed by atoms with Crippen molar-refractivity contribution in [2.24, 2.45) is 0 Å². The molecule has 2 amide bonds. The predicted octanol–water partition coefficient (Wildman–Crippen LogP) is 3.22. The third-order valence-electron chi connectivity index (χ3n) is 2.88. The Hall–Kier alpha value is -2.21. The van der Waals surface area contributed by atoms with Gasteiger partial charge in [0.15, 0.2) is 0 Å². The Balaban J connectivity index is 2.23. The molecule has 0 spiro atoms. The molecule has 0 fully saturated rings. The molecule has 2 N–H and O–H groups in total. The van der Waals surface area contributed by atoms with Crippen LogP contribution in [0.2, 0.25) is 0 Å². The van der Waals surface area contributed by atoms with Crippen LogP contribution in [0.3, 0.4) is 0 Å². The van der Waals surface area contributed by atoms with Crippen molar-refractivity contribution >= 4 is 28.8 Å². The monoisotopic (exact) mass is 317 g/mol. The molecule has 0 saturated carbocycles. The van der Waals surface area contributed by atoms with E-state index >= 15 is 0 Å². The lowest BCUT2D eigenvalue weighted by Gasteiger charge is -2.06. The number of hydrogen-bond acceptors (Lipinski definition) is 4. The SMILES string of the molecule is CC(=O)Nc1ccc(-c2nc(C(=O)NC(C)C)c(C)s2)cc1. The van der Waals surface area contributed by atoms with Crippen molar-refractivity contribution in [1.82, 2.24) is 10.3 Å². The molecule has 0 atom stereocenters. The zero-order chi connectivity index (χ0) is 16.3. The molecule has 0 aliphatic heterocycles. The molecular weight excluding hydrogens is 298 g/mol. The number of rotatable bonds is 4. The first-order valence-corrected chi connectivity index (χ1v) is 7.84. The zero-order valence-electron chi connectivity index (χ0n) is 13.1. The van der Waals surface area contributed by atoms with E-state index in [1.807, 2.05) is 45.0 Å². The van der Waals surface area contributed by atoms with E-state index in [4.69, 9.17) is 0 Å². The lowest BCUT2D eigenvalue weighted by Crippen LogP contribution is -2.30. The van der Waals surface area contributed by atoms with E-state index in [-0.39, 0.29) is 17.9 Å². The average Bonchev–Trinajstić information content (AvgIpc) is 2.80. The van der Waals surface area contributed by atoms with E-state index in [1.54, 1.807) is 0 Å². The average molecular weight is 317 g/mol. The number of amides is 2. The number of anilines is 1. The Morgan fingerprint density at radius 1 is 1.18 bits per heavy atom. The van der Waals surface area contributed by atoms with Gasteiger partial charge in [0.25, 0.3) is 5.91 Å². The van der Waals surface area contributed by atoms with Crippen LogP contribution in [0.25, 0.3) is 10.6 Å². The second-order valence-electron chi connectivity index (χ2n) is 5.31. The van der Waals surface area contributed by atoms with E-state index < -0.39 is 0 Å². The van der Waals surface area contributed by atoms with Crippen LogP contribution in [0.5, 0.6) is 0 Å².